The van der Waals surface area contributed by atoms with Crippen LogP contribution in [0, 0.1) is 0 Å². The van der Waals surface area contributed by atoms with Gasteiger partial charge in [0.25, 0.3) is 0 Å². The number of hydrogen-bond acceptors (Lipinski definition) is 3. The van der Waals surface area contributed by atoms with E-state index in [4.69, 9.17) is 4.42 Å². The van der Waals surface area contributed by atoms with E-state index in [0.717, 1.165) is 0 Å². The molecule has 0 N–H and O–H groups in total. The van der Waals surface area contributed by atoms with Crippen molar-refractivity contribution >= 4 is 23.5 Å². The molecule has 0 saturated carbocycles. The van der Waals surface area contributed by atoms with Gasteiger partial charge in [-0.3, -0.25) is 0 Å². The molecule has 2 rings (SSSR count). The first kappa shape index (κ1) is 8.48. The predicted molar refractivity (Wildman–Crippen MR) is 52.1 cm³/mol. The first-order valence-electron chi connectivity index (χ1n) is 4.00. The molecule has 14 heavy (non-hydrogen) atoms. The van der Waals surface area contributed by atoms with E-state index in [-0.39, 0.29) is 10.4 Å². The summed E-state index contributed by atoms with van der Waals surface area (Å²) >= 11 is 0. The molecule has 3 nitrogen and oxygen atoms in total. The SMILES string of the molecule is C=c1c(=O)oc2ccccc2c1=C=O. The quantitative estimate of drug-likeness (QED) is 0.531. The van der Waals surface area contributed by atoms with E-state index in [2.05, 4.69) is 6.58 Å². The molecule has 0 fully saturated rings. The molecule has 68 valence electrons. The Bertz CT molecular complexity index is 676. The molecule has 3 heteroatoms. The van der Waals surface area contributed by atoms with Gasteiger partial charge in [-0.15, -0.1) is 0 Å². The predicted octanol–water partition coefficient (Wildman–Crippen LogP) is -0.293. The summed E-state index contributed by atoms with van der Waals surface area (Å²) in [5.41, 5.74) is -0.217. The van der Waals surface area contributed by atoms with Gasteiger partial charge in [0.15, 0.2) is 0 Å². The largest absolute Gasteiger partial charge is 0.422 e. The highest BCUT2D eigenvalue weighted by Gasteiger charge is 2.01. The van der Waals surface area contributed by atoms with Crippen LogP contribution in [0.4, 0.5) is 0 Å². The molecule has 0 spiro atoms. The van der Waals surface area contributed by atoms with Crippen molar-refractivity contribution in [2.45, 2.75) is 0 Å². The van der Waals surface area contributed by atoms with Crippen LogP contribution in [-0.2, 0) is 4.79 Å². The summed E-state index contributed by atoms with van der Waals surface area (Å²) < 4.78 is 4.94. The fourth-order valence-corrected chi connectivity index (χ4v) is 1.30. The minimum absolute atomic E-state index is 0.0544. The van der Waals surface area contributed by atoms with Crippen LogP contribution in [0.5, 0.6) is 0 Å². The Morgan fingerprint density at radius 1 is 1.29 bits per heavy atom. The standard InChI is InChI=1S/C11H6O3/c1-7-9(6-12)8-4-2-3-5-10(8)14-11(7)13/h2-5H,1H2. The third-order valence-corrected chi connectivity index (χ3v) is 2.01. The molecule has 0 atom stereocenters. The van der Waals surface area contributed by atoms with Gasteiger partial charge in [0.1, 0.15) is 11.5 Å². The third-order valence-electron chi connectivity index (χ3n) is 2.01. The molecular weight excluding hydrogens is 180 g/mol. The topological polar surface area (TPSA) is 47.3 Å². The Balaban J connectivity index is 3.31. The monoisotopic (exact) mass is 186 g/mol. The first-order chi connectivity index (χ1) is 6.74. The molecule has 0 unspecified atom stereocenters. The molecule has 0 amide bonds. The highest BCUT2D eigenvalue weighted by Crippen LogP contribution is 2.03. The number of hydrogen-bond donors (Lipinski definition) is 0. The van der Waals surface area contributed by atoms with E-state index in [1.807, 2.05) is 0 Å². The first-order valence-corrected chi connectivity index (χ1v) is 4.00. The van der Waals surface area contributed by atoms with E-state index >= 15 is 0 Å². The Morgan fingerprint density at radius 3 is 2.71 bits per heavy atom. The molecule has 1 heterocycles. The van der Waals surface area contributed by atoms with E-state index < -0.39 is 5.63 Å². The molecule has 0 radical (unpaired) electrons. The third kappa shape index (κ3) is 1.08. The Hall–Kier alpha value is -2.12. The second-order valence-corrected chi connectivity index (χ2v) is 2.84. The van der Waals surface area contributed by atoms with Crippen molar-refractivity contribution < 1.29 is 9.21 Å². The molecule has 1 aromatic heterocycles. The average molecular weight is 186 g/mol. The van der Waals surface area contributed by atoms with Crippen LogP contribution in [0.2, 0.25) is 0 Å². The summed E-state index contributed by atoms with van der Waals surface area (Å²) in [5.74, 6) is 1.71. The van der Waals surface area contributed by atoms with Gasteiger partial charge in [-0.2, -0.15) is 0 Å². The van der Waals surface area contributed by atoms with Gasteiger partial charge in [-0.1, -0.05) is 18.7 Å². The van der Waals surface area contributed by atoms with Crippen LogP contribution in [-0.4, -0.2) is 5.94 Å². The van der Waals surface area contributed by atoms with E-state index in [0.29, 0.717) is 11.0 Å². The van der Waals surface area contributed by atoms with E-state index in [1.54, 1.807) is 30.2 Å². The molecule has 0 bridgehead atoms. The van der Waals surface area contributed by atoms with Crippen molar-refractivity contribution in [3.05, 3.63) is 45.1 Å². The van der Waals surface area contributed by atoms with Crippen molar-refractivity contribution in [3.63, 3.8) is 0 Å². The van der Waals surface area contributed by atoms with Gasteiger partial charge in [0, 0.05) is 5.39 Å². The van der Waals surface area contributed by atoms with Crippen molar-refractivity contribution in [1.29, 1.82) is 0 Å². The van der Waals surface area contributed by atoms with Crippen molar-refractivity contribution in [2.75, 3.05) is 0 Å². The van der Waals surface area contributed by atoms with Crippen molar-refractivity contribution in [3.8, 4) is 0 Å². The Kier molecular flexibility index (Phi) is 1.80. The van der Waals surface area contributed by atoms with E-state index in [1.165, 1.54) is 0 Å². The fraction of sp³-hybridized carbons (Fsp3) is 0. The van der Waals surface area contributed by atoms with Crippen LogP contribution in [0.15, 0.2) is 33.5 Å². The van der Waals surface area contributed by atoms with Crippen molar-refractivity contribution in [2.24, 2.45) is 0 Å². The van der Waals surface area contributed by atoms with E-state index in [9.17, 15) is 9.59 Å². The molecule has 0 aliphatic heterocycles. The van der Waals surface area contributed by atoms with Crippen LogP contribution in [0.25, 0.3) is 17.5 Å². The lowest BCUT2D eigenvalue weighted by Crippen LogP contribution is -2.38. The lowest BCUT2D eigenvalue weighted by molar-refractivity contribution is 0.550. The summed E-state index contributed by atoms with van der Waals surface area (Å²) in [4.78, 5) is 21.9. The second kappa shape index (κ2) is 2.98. The maximum atomic E-state index is 11.2. The molecule has 2 aromatic rings. The van der Waals surface area contributed by atoms with Gasteiger partial charge in [-0.25, -0.2) is 9.59 Å². The van der Waals surface area contributed by atoms with Gasteiger partial charge in [0.05, 0.1) is 10.4 Å². The molecule has 0 aliphatic rings. The molecule has 1 aromatic carbocycles. The number of carbonyl (C=O) groups excluding carboxylic acids is 1. The summed E-state index contributed by atoms with van der Waals surface area (Å²) in [6, 6.07) is 6.79. The maximum absolute atomic E-state index is 11.2. The normalized spacial score (nSPS) is 10.0. The Labute approximate surface area is 78.6 Å². The highest BCUT2D eigenvalue weighted by molar-refractivity contribution is 5.80. The molecule has 0 saturated heterocycles. The van der Waals surface area contributed by atoms with Crippen LogP contribution in [0.1, 0.15) is 0 Å². The lowest BCUT2D eigenvalue weighted by Gasteiger charge is -1.93. The van der Waals surface area contributed by atoms with Crippen molar-refractivity contribution in [1.82, 2.24) is 0 Å². The van der Waals surface area contributed by atoms with Crippen LogP contribution >= 0.6 is 0 Å². The van der Waals surface area contributed by atoms with Gasteiger partial charge >= 0.3 is 5.63 Å². The minimum Gasteiger partial charge on any atom is -0.422 e. The average Bonchev–Trinajstić information content (AvgIpc) is 2.20. The smallest absolute Gasteiger partial charge is 0.344 e. The number of para-hydroxylation sites is 1. The zero-order chi connectivity index (χ0) is 10.1. The maximum Gasteiger partial charge on any atom is 0.344 e. The van der Waals surface area contributed by atoms with Gasteiger partial charge in [-0.05, 0) is 12.1 Å². The fourth-order valence-electron chi connectivity index (χ4n) is 1.30. The number of benzene rings is 1. The summed E-state index contributed by atoms with van der Waals surface area (Å²) in [5, 5.41) is 0.794. The summed E-state index contributed by atoms with van der Waals surface area (Å²) in [6.07, 6.45) is 0. The Morgan fingerprint density at radius 2 is 2.00 bits per heavy atom. The van der Waals surface area contributed by atoms with Gasteiger partial charge in [0.2, 0.25) is 0 Å². The summed E-state index contributed by atoms with van der Waals surface area (Å²) in [6.45, 7) is 3.47. The molecular formula is C11H6O3. The number of rotatable bonds is 0. The number of fused-ring (bicyclic) bond motifs is 1. The van der Waals surface area contributed by atoms with Crippen LogP contribution in [0.3, 0.4) is 0 Å². The lowest BCUT2D eigenvalue weighted by atomic mass is 10.2. The zero-order valence-electron chi connectivity index (χ0n) is 7.24. The van der Waals surface area contributed by atoms with Crippen LogP contribution < -0.4 is 16.1 Å². The summed E-state index contributed by atoms with van der Waals surface area (Å²) in [7, 11) is 0. The molecule has 0 aliphatic carbocycles. The zero-order valence-corrected chi connectivity index (χ0v) is 7.24. The highest BCUT2D eigenvalue weighted by atomic mass is 16.4. The van der Waals surface area contributed by atoms with Gasteiger partial charge < -0.3 is 4.42 Å². The second-order valence-electron chi connectivity index (χ2n) is 2.84. The minimum atomic E-state index is -0.595.